The molecule has 0 aromatic heterocycles. The SMILES string of the molecule is CCCCCCN(C(=O)C(CO)NC(=O)OC(C)(C)C)C(C(=O)Nc1ccc(OC)cc1)c1ccccc1O. The second-order valence-corrected chi connectivity index (χ2v) is 10.2. The second-order valence-electron chi connectivity index (χ2n) is 10.2. The van der Waals surface area contributed by atoms with Crippen LogP contribution in [0.25, 0.3) is 0 Å². The van der Waals surface area contributed by atoms with Crippen molar-refractivity contribution in [2.24, 2.45) is 0 Å². The van der Waals surface area contributed by atoms with E-state index in [0.29, 0.717) is 17.9 Å². The van der Waals surface area contributed by atoms with E-state index in [1.807, 2.05) is 0 Å². The van der Waals surface area contributed by atoms with Crippen molar-refractivity contribution in [2.45, 2.75) is 71.1 Å². The van der Waals surface area contributed by atoms with Gasteiger partial charge in [0.1, 0.15) is 29.2 Å². The van der Waals surface area contributed by atoms with Crippen LogP contribution in [0.5, 0.6) is 11.5 Å². The number of hydrogen-bond donors (Lipinski definition) is 4. The first kappa shape index (κ1) is 31.4. The van der Waals surface area contributed by atoms with Crippen LogP contribution in [0.3, 0.4) is 0 Å². The Morgan fingerprint density at radius 3 is 2.23 bits per heavy atom. The second kappa shape index (κ2) is 15.0. The van der Waals surface area contributed by atoms with Crippen molar-refractivity contribution in [3.8, 4) is 11.5 Å². The number of ether oxygens (including phenoxy) is 2. The molecule has 10 heteroatoms. The molecule has 2 unspecified atom stereocenters. The summed E-state index contributed by atoms with van der Waals surface area (Å²) in [5, 5.41) is 26.0. The molecular weight excluding hydrogens is 502 g/mol. The van der Waals surface area contributed by atoms with Gasteiger partial charge in [-0.15, -0.1) is 0 Å². The van der Waals surface area contributed by atoms with Crippen molar-refractivity contribution < 1.29 is 34.1 Å². The van der Waals surface area contributed by atoms with Gasteiger partial charge >= 0.3 is 6.09 Å². The van der Waals surface area contributed by atoms with Crippen molar-refractivity contribution >= 4 is 23.6 Å². The minimum atomic E-state index is -1.37. The van der Waals surface area contributed by atoms with E-state index in [0.717, 1.165) is 19.3 Å². The number of rotatable bonds is 13. The van der Waals surface area contributed by atoms with Crippen LogP contribution in [0.1, 0.15) is 65.0 Å². The molecule has 2 rings (SSSR count). The summed E-state index contributed by atoms with van der Waals surface area (Å²) in [7, 11) is 1.53. The molecule has 2 atom stereocenters. The fourth-order valence-corrected chi connectivity index (χ4v) is 3.97. The van der Waals surface area contributed by atoms with Crippen LogP contribution in [0.15, 0.2) is 48.5 Å². The van der Waals surface area contributed by atoms with Crippen LogP contribution in [0, 0.1) is 0 Å². The number of unbranched alkanes of at least 4 members (excludes halogenated alkanes) is 3. The zero-order chi connectivity index (χ0) is 29.0. The summed E-state index contributed by atoms with van der Waals surface area (Å²) >= 11 is 0. The normalized spacial score (nSPS) is 12.7. The van der Waals surface area contributed by atoms with E-state index < -0.39 is 42.2 Å². The maximum Gasteiger partial charge on any atom is 0.408 e. The number of nitrogens with zero attached hydrogens (tertiary/aromatic N) is 1. The summed E-state index contributed by atoms with van der Waals surface area (Å²) in [6.45, 7) is 6.54. The number of alkyl carbamates (subject to hydrolysis) is 1. The van der Waals surface area contributed by atoms with E-state index in [1.54, 1.807) is 63.2 Å². The number of phenols is 1. The van der Waals surface area contributed by atoms with E-state index in [-0.39, 0.29) is 17.9 Å². The number of carbonyl (C=O) groups is 3. The molecule has 0 radical (unpaired) electrons. The van der Waals surface area contributed by atoms with E-state index in [9.17, 15) is 24.6 Å². The molecular formula is C29H41N3O7. The molecule has 0 saturated heterocycles. The third-order valence-corrected chi connectivity index (χ3v) is 5.86. The lowest BCUT2D eigenvalue weighted by Crippen LogP contribution is -2.54. The number of amides is 3. The summed E-state index contributed by atoms with van der Waals surface area (Å²) in [6, 6.07) is 10.3. The van der Waals surface area contributed by atoms with E-state index in [2.05, 4.69) is 17.6 Å². The van der Waals surface area contributed by atoms with Crippen molar-refractivity contribution in [1.29, 1.82) is 0 Å². The molecule has 2 aromatic carbocycles. The number of methoxy groups -OCH3 is 1. The number of nitrogens with one attached hydrogen (secondary N) is 2. The Hall–Kier alpha value is -3.79. The quantitative estimate of drug-likeness (QED) is 0.275. The van der Waals surface area contributed by atoms with E-state index >= 15 is 0 Å². The first-order valence-electron chi connectivity index (χ1n) is 13.1. The third kappa shape index (κ3) is 9.79. The maximum absolute atomic E-state index is 13.8. The van der Waals surface area contributed by atoms with Crippen LogP contribution >= 0.6 is 0 Å². The first-order chi connectivity index (χ1) is 18.5. The molecule has 0 aliphatic carbocycles. The van der Waals surface area contributed by atoms with Gasteiger partial charge in [-0.2, -0.15) is 0 Å². The summed E-state index contributed by atoms with van der Waals surface area (Å²) < 4.78 is 10.4. The van der Waals surface area contributed by atoms with Gasteiger partial charge in [0.05, 0.1) is 13.7 Å². The van der Waals surface area contributed by atoms with Gasteiger partial charge in [-0.05, 0) is 57.5 Å². The molecule has 0 bridgehead atoms. The first-order valence-corrected chi connectivity index (χ1v) is 13.1. The van der Waals surface area contributed by atoms with Gasteiger partial charge in [0.15, 0.2) is 0 Å². The van der Waals surface area contributed by atoms with Gasteiger partial charge in [0.2, 0.25) is 5.91 Å². The number of anilines is 1. The summed E-state index contributed by atoms with van der Waals surface area (Å²) in [6.07, 6.45) is 2.40. The third-order valence-electron chi connectivity index (χ3n) is 5.86. The highest BCUT2D eigenvalue weighted by atomic mass is 16.6. The van der Waals surface area contributed by atoms with Gasteiger partial charge in [-0.3, -0.25) is 9.59 Å². The largest absolute Gasteiger partial charge is 0.508 e. The van der Waals surface area contributed by atoms with E-state index in [4.69, 9.17) is 9.47 Å². The zero-order valence-corrected chi connectivity index (χ0v) is 23.4. The number of aliphatic hydroxyl groups excluding tert-OH is 1. The Morgan fingerprint density at radius 1 is 1.00 bits per heavy atom. The van der Waals surface area contributed by atoms with Crippen molar-refractivity contribution in [3.05, 3.63) is 54.1 Å². The predicted octanol–water partition coefficient (Wildman–Crippen LogP) is 4.38. The Labute approximate surface area is 230 Å². The highest BCUT2D eigenvalue weighted by Crippen LogP contribution is 2.31. The van der Waals surface area contributed by atoms with Crippen molar-refractivity contribution in [1.82, 2.24) is 10.2 Å². The van der Waals surface area contributed by atoms with Crippen LogP contribution in [-0.4, -0.2) is 64.9 Å². The standard InChI is InChI=1S/C29H41N3O7/c1-6-7-8-11-18-32(27(36)23(19-33)31-28(37)39-29(2,3)4)25(22-12-9-10-13-24(22)34)26(35)30-20-14-16-21(38-5)17-15-20/h9-10,12-17,23,25,33-34H,6-8,11,18-19H2,1-5H3,(H,30,35)(H,31,37). The molecule has 0 spiro atoms. The molecule has 4 N–H and O–H groups in total. The fourth-order valence-electron chi connectivity index (χ4n) is 3.97. The molecule has 39 heavy (non-hydrogen) atoms. The lowest BCUT2D eigenvalue weighted by Gasteiger charge is -2.34. The number of aliphatic hydroxyl groups is 1. The Kier molecular flexibility index (Phi) is 12.1. The highest BCUT2D eigenvalue weighted by molar-refractivity contribution is 5.99. The smallest absolute Gasteiger partial charge is 0.408 e. The Morgan fingerprint density at radius 2 is 1.67 bits per heavy atom. The molecule has 214 valence electrons. The molecule has 0 heterocycles. The average molecular weight is 544 g/mol. The minimum Gasteiger partial charge on any atom is -0.508 e. The minimum absolute atomic E-state index is 0.153. The number of aromatic hydroxyl groups is 1. The van der Waals surface area contributed by atoms with Gasteiger partial charge in [0.25, 0.3) is 5.91 Å². The lowest BCUT2D eigenvalue weighted by atomic mass is 10.0. The van der Waals surface area contributed by atoms with Gasteiger partial charge in [-0.25, -0.2) is 4.79 Å². The Bertz CT molecular complexity index is 1080. The molecule has 2 aromatic rings. The summed E-state index contributed by atoms with van der Waals surface area (Å²) in [4.78, 5) is 41.3. The maximum atomic E-state index is 13.8. The van der Waals surface area contributed by atoms with Crippen molar-refractivity contribution in [3.63, 3.8) is 0 Å². The van der Waals surface area contributed by atoms with Gasteiger partial charge in [-0.1, -0.05) is 44.4 Å². The zero-order valence-electron chi connectivity index (χ0n) is 23.4. The number of phenolic OH excluding ortho intramolecular Hbond substituents is 1. The highest BCUT2D eigenvalue weighted by Gasteiger charge is 2.37. The number of hydrogen-bond acceptors (Lipinski definition) is 7. The topological polar surface area (TPSA) is 137 Å². The Balaban J connectivity index is 2.47. The molecule has 0 aliphatic rings. The van der Waals surface area contributed by atoms with Crippen LogP contribution in [0.4, 0.5) is 10.5 Å². The number of benzene rings is 2. The molecule has 10 nitrogen and oxygen atoms in total. The molecule has 0 saturated carbocycles. The summed E-state index contributed by atoms with van der Waals surface area (Å²) in [5.74, 6) is -0.811. The van der Waals surface area contributed by atoms with Crippen LogP contribution in [0.2, 0.25) is 0 Å². The molecule has 3 amide bonds. The van der Waals surface area contributed by atoms with E-state index in [1.165, 1.54) is 18.1 Å². The van der Waals surface area contributed by atoms with Crippen molar-refractivity contribution in [2.75, 3.05) is 25.6 Å². The average Bonchev–Trinajstić information content (AvgIpc) is 2.88. The molecule has 0 aliphatic heterocycles. The van der Waals surface area contributed by atoms with Crippen LogP contribution < -0.4 is 15.4 Å². The monoisotopic (exact) mass is 543 g/mol. The predicted molar refractivity (Wildman–Crippen MR) is 149 cm³/mol. The fraction of sp³-hybridized carbons (Fsp3) is 0.483. The number of para-hydroxylation sites is 1. The summed E-state index contributed by atoms with van der Waals surface area (Å²) in [5.41, 5.74) is -0.143. The number of carbonyl (C=O) groups excluding carboxylic acids is 3. The molecule has 0 fully saturated rings. The van der Waals surface area contributed by atoms with Crippen LogP contribution in [-0.2, 0) is 14.3 Å². The van der Waals surface area contributed by atoms with Gasteiger partial charge in [0, 0.05) is 17.8 Å². The lowest BCUT2D eigenvalue weighted by molar-refractivity contribution is -0.141. The van der Waals surface area contributed by atoms with Gasteiger partial charge < -0.3 is 35.2 Å².